The van der Waals surface area contributed by atoms with E-state index in [1.807, 2.05) is 25.1 Å². The van der Waals surface area contributed by atoms with Crippen LogP contribution in [0.25, 0.3) is 10.8 Å². The highest BCUT2D eigenvalue weighted by Gasteiger charge is 2.15. The Bertz CT molecular complexity index is 1110. The highest BCUT2D eigenvalue weighted by Crippen LogP contribution is 2.26. The predicted octanol–water partition coefficient (Wildman–Crippen LogP) is 7.31. The minimum absolute atomic E-state index is 0.163. The molecule has 0 bridgehead atoms. The van der Waals surface area contributed by atoms with Crippen molar-refractivity contribution in [3.63, 3.8) is 0 Å². The van der Waals surface area contributed by atoms with Gasteiger partial charge in [-0.1, -0.05) is 52.2 Å². The molecule has 3 aromatic carbocycles. The fraction of sp³-hybridized carbons (Fsp3) is 0.379. The Labute approximate surface area is 212 Å². The number of carbonyl (C=O) groups excluding carboxylic acids is 2. The van der Waals surface area contributed by atoms with Gasteiger partial charge in [-0.2, -0.15) is 11.8 Å². The molecule has 0 radical (unpaired) electrons. The van der Waals surface area contributed by atoms with Crippen molar-refractivity contribution in [3.8, 4) is 17.2 Å². The number of hydrogen-bond donors (Lipinski definition) is 0. The second-order valence-corrected chi connectivity index (χ2v) is 9.79. The van der Waals surface area contributed by atoms with Crippen molar-refractivity contribution in [2.45, 2.75) is 46.5 Å². The van der Waals surface area contributed by atoms with Crippen molar-refractivity contribution in [2.75, 3.05) is 18.1 Å². The molecule has 0 saturated carbocycles. The number of rotatable bonds is 13. The summed E-state index contributed by atoms with van der Waals surface area (Å²) < 4.78 is 16.8. The lowest BCUT2D eigenvalue weighted by atomic mass is 10.1. The van der Waals surface area contributed by atoms with Gasteiger partial charge >= 0.3 is 11.9 Å². The zero-order valence-corrected chi connectivity index (χ0v) is 21.6. The molecule has 5 nitrogen and oxygen atoms in total. The number of benzene rings is 3. The monoisotopic (exact) mass is 494 g/mol. The maximum atomic E-state index is 12.6. The van der Waals surface area contributed by atoms with E-state index < -0.39 is 5.97 Å². The Balaban J connectivity index is 1.56. The van der Waals surface area contributed by atoms with Gasteiger partial charge in [0.2, 0.25) is 0 Å². The highest BCUT2D eigenvalue weighted by molar-refractivity contribution is 7.99. The van der Waals surface area contributed by atoms with E-state index in [0.29, 0.717) is 23.7 Å². The highest BCUT2D eigenvalue weighted by atomic mass is 32.2. The molecule has 1 atom stereocenters. The number of unbranched alkanes of at least 4 members (excludes halogenated alkanes) is 3. The molecule has 0 aliphatic rings. The number of thioether (sulfide) groups is 1. The molecule has 0 spiro atoms. The molecular weight excluding hydrogens is 460 g/mol. The largest absolute Gasteiger partial charge is 0.494 e. The fourth-order valence-corrected chi connectivity index (χ4v) is 4.21. The van der Waals surface area contributed by atoms with Crippen molar-refractivity contribution < 1.29 is 23.8 Å². The van der Waals surface area contributed by atoms with E-state index in [9.17, 15) is 9.59 Å². The first-order chi connectivity index (χ1) is 17.0. The van der Waals surface area contributed by atoms with Crippen LogP contribution in [-0.4, -0.2) is 30.1 Å². The van der Waals surface area contributed by atoms with Crippen LogP contribution >= 0.6 is 11.8 Å². The lowest BCUT2D eigenvalue weighted by Crippen LogP contribution is -2.19. The van der Waals surface area contributed by atoms with Gasteiger partial charge in [0.25, 0.3) is 0 Å². The molecule has 0 unspecified atom stereocenters. The normalized spacial score (nSPS) is 11.7. The average molecular weight is 495 g/mol. The minimum atomic E-state index is -0.427. The quantitative estimate of drug-likeness (QED) is 0.141. The van der Waals surface area contributed by atoms with Gasteiger partial charge in [-0.3, -0.25) is 4.79 Å². The minimum Gasteiger partial charge on any atom is -0.494 e. The Morgan fingerprint density at radius 2 is 1.43 bits per heavy atom. The third-order valence-corrected chi connectivity index (χ3v) is 6.69. The van der Waals surface area contributed by atoms with Crippen LogP contribution < -0.4 is 14.2 Å². The van der Waals surface area contributed by atoms with Crippen molar-refractivity contribution in [1.82, 2.24) is 0 Å². The van der Waals surface area contributed by atoms with E-state index in [1.165, 1.54) is 12.8 Å². The first kappa shape index (κ1) is 26.6. The Morgan fingerprint density at radius 3 is 2.06 bits per heavy atom. The summed E-state index contributed by atoms with van der Waals surface area (Å²) in [5.74, 6) is 2.60. The van der Waals surface area contributed by atoms with Crippen LogP contribution in [0.2, 0.25) is 0 Å². The topological polar surface area (TPSA) is 61.8 Å². The van der Waals surface area contributed by atoms with Crippen LogP contribution in [-0.2, 0) is 4.79 Å². The van der Waals surface area contributed by atoms with E-state index in [2.05, 4.69) is 13.8 Å². The average Bonchev–Trinajstić information content (AvgIpc) is 2.87. The number of hydrogen-bond acceptors (Lipinski definition) is 6. The molecule has 0 aliphatic carbocycles. The van der Waals surface area contributed by atoms with Gasteiger partial charge in [-0.15, -0.1) is 0 Å². The number of esters is 2. The van der Waals surface area contributed by atoms with Crippen LogP contribution in [0.5, 0.6) is 17.2 Å². The molecule has 0 aromatic heterocycles. The summed E-state index contributed by atoms with van der Waals surface area (Å²) in [6.07, 6.45) is 4.61. The lowest BCUT2D eigenvalue weighted by molar-refractivity contribution is -0.137. The molecule has 0 amide bonds. The maximum absolute atomic E-state index is 12.6. The molecule has 0 saturated heterocycles. The van der Waals surface area contributed by atoms with Gasteiger partial charge in [0.15, 0.2) is 0 Å². The van der Waals surface area contributed by atoms with Gasteiger partial charge in [0, 0.05) is 5.75 Å². The number of fused-ring (bicyclic) bond motifs is 1. The second kappa shape index (κ2) is 13.8. The molecule has 0 aliphatic heterocycles. The van der Waals surface area contributed by atoms with E-state index >= 15 is 0 Å². The summed E-state index contributed by atoms with van der Waals surface area (Å²) >= 11 is 1.72. The molecular formula is C29H34O5S. The molecule has 6 heteroatoms. The smallest absolute Gasteiger partial charge is 0.343 e. The lowest BCUT2D eigenvalue weighted by Gasteiger charge is -2.11. The van der Waals surface area contributed by atoms with E-state index in [1.54, 1.807) is 54.2 Å². The Hall–Kier alpha value is -2.99. The van der Waals surface area contributed by atoms with Crippen molar-refractivity contribution in [2.24, 2.45) is 5.92 Å². The van der Waals surface area contributed by atoms with E-state index in [0.717, 1.165) is 40.9 Å². The summed E-state index contributed by atoms with van der Waals surface area (Å²) in [6, 6.07) is 17.8. The molecule has 186 valence electrons. The second-order valence-electron chi connectivity index (χ2n) is 8.48. The van der Waals surface area contributed by atoms with Crippen molar-refractivity contribution >= 4 is 34.5 Å². The van der Waals surface area contributed by atoms with Crippen LogP contribution in [0.3, 0.4) is 0 Å². The maximum Gasteiger partial charge on any atom is 0.343 e. The third-order valence-electron chi connectivity index (χ3n) is 5.54. The molecule has 0 heterocycles. The zero-order chi connectivity index (χ0) is 25.0. The third kappa shape index (κ3) is 8.32. The van der Waals surface area contributed by atoms with Gasteiger partial charge in [0.1, 0.15) is 17.2 Å². The molecule has 3 rings (SSSR count). The molecule has 0 N–H and O–H groups in total. The van der Waals surface area contributed by atoms with Crippen molar-refractivity contribution in [3.05, 3.63) is 66.2 Å². The molecule has 0 fully saturated rings. The van der Waals surface area contributed by atoms with Crippen LogP contribution in [0.1, 0.15) is 56.8 Å². The van der Waals surface area contributed by atoms with Crippen LogP contribution in [0.4, 0.5) is 0 Å². The van der Waals surface area contributed by atoms with Gasteiger partial charge < -0.3 is 14.2 Å². The van der Waals surface area contributed by atoms with Crippen molar-refractivity contribution in [1.29, 1.82) is 0 Å². The van der Waals surface area contributed by atoms with Crippen LogP contribution in [0, 0.1) is 5.92 Å². The summed E-state index contributed by atoms with van der Waals surface area (Å²) in [5.41, 5.74) is 0.459. The standard InChI is InChI=1S/C29H34O5S/c1-4-6-7-8-17-32-25-13-9-22(10-14-25)29(31)34-27-16-12-23-18-26(15-11-24(23)19-27)33-28(30)21(3)20-35-5-2/h9-16,18-19,21H,4-8,17,20H2,1-3H3/t21-/m0/s1. The van der Waals surface area contributed by atoms with E-state index in [4.69, 9.17) is 14.2 Å². The molecule has 3 aromatic rings. The summed E-state index contributed by atoms with van der Waals surface area (Å²) in [7, 11) is 0. The SMILES string of the molecule is CCCCCCOc1ccc(C(=O)Oc2ccc3cc(OC(=O)[C@@H](C)CSCC)ccc3c2)cc1. The summed E-state index contributed by atoms with van der Waals surface area (Å²) in [6.45, 7) is 6.81. The number of carbonyl (C=O) groups is 2. The Morgan fingerprint density at radius 1 is 0.800 bits per heavy atom. The van der Waals surface area contributed by atoms with Gasteiger partial charge in [0.05, 0.1) is 18.1 Å². The molecule has 35 heavy (non-hydrogen) atoms. The summed E-state index contributed by atoms with van der Waals surface area (Å²) in [5, 5.41) is 1.78. The number of ether oxygens (including phenoxy) is 3. The predicted molar refractivity (Wildman–Crippen MR) is 143 cm³/mol. The van der Waals surface area contributed by atoms with Gasteiger partial charge in [-0.05, 0) is 71.5 Å². The fourth-order valence-electron chi connectivity index (χ4n) is 3.48. The first-order valence-electron chi connectivity index (χ1n) is 12.3. The van der Waals surface area contributed by atoms with Gasteiger partial charge in [-0.25, -0.2) is 4.79 Å². The first-order valence-corrected chi connectivity index (χ1v) is 13.4. The Kier molecular flexibility index (Phi) is 10.5. The summed E-state index contributed by atoms with van der Waals surface area (Å²) in [4.78, 5) is 24.9. The van der Waals surface area contributed by atoms with Crippen LogP contribution in [0.15, 0.2) is 60.7 Å². The zero-order valence-electron chi connectivity index (χ0n) is 20.8. The van der Waals surface area contributed by atoms with E-state index in [-0.39, 0.29) is 11.9 Å².